The number of nitrogens with zero attached hydrogens (tertiary/aromatic N) is 3. The summed E-state index contributed by atoms with van der Waals surface area (Å²) in [6.07, 6.45) is 0.0785. The van der Waals surface area contributed by atoms with Crippen molar-refractivity contribution in [3.8, 4) is 0 Å². The highest BCUT2D eigenvalue weighted by atomic mass is 32.1. The lowest BCUT2D eigenvalue weighted by atomic mass is 10.1. The molecule has 1 aromatic heterocycles. The third kappa shape index (κ3) is 3.32. The summed E-state index contributed by atoms with van der Waals surface area (Å²) >= 11 is 1.69. The van der Waals surface area contributed by atoms with Crippen molar-refractivity contribution >= 4 is 17.0 Å². The number of fused-ring (bicyclic) bond motifs is 1. The summed E-state index contributed by atoms with van der Waals surface area (Å²) in [4.78, 5) is 9.53. The van der Waals surface area contributed by atoms with E-state index in [0.717, 1.165) is 36.9 Å². The quantitative estimate of drug-likeness (QED) is 0.865. The van der Waals surface area contributed by atoms with Crippen molar-refractivity contribution < 1.29 is 4.74 Å². The van der Waals surface area contributed by atoms with E-state index in [9.17, 15) is 0 Å². The minimum Gasteiger partial charge on any atom is -0.375 e. The van der Waals surface area contributed by atoms with Crippen molar-refractivity contribution in [2.75, 3.05) is 32.1 Å². The van der Waals surface area contributed by atoms with Gasteiger partial charge in [-0.3, -0.25) is 4.90 Å². The summed E-state index contributed by atoms with van der Waals surface area (Å²) in [6.45, 7) is 6.02. The molecule has 0 radical (unpaired) electrons. The van der Waals surface area contributed by atoms with E-state index in [1.807, 2.05) is 6.92 Å². The second kappa shape index (κ2) is 6.77. The minimum absolute atomic E-state index is 0.0785. The van der Waals surface area contributed by atoms with Gasteiger partial charge in [-0.25, -0.2) is 4.98 Å². The lowest BCUT2D eigenvalue weighted by Crippen LogP contribution is -2.29. The third-order valence-electron chi connectivity index (χ3n) is 4.20. The van der Waals surface area contributed by atoms with Crippen molar-refractivity contribution in [2.24, 2.45) is 0 Å². The normalized spacial score (nSPS) is 17.1. The number of hydrogen-bond donors (Lipinski definition) is 0. The standard InChI is InChI=1S/C17H23N3OS/c1-13(21-3)17-18-15(12-22-17)11-20-9-8-19(2)16-7-5-4-6-14(16)10-20/h4-7,12-13H,8-11H2,1-3H3. The molecule has 4 nitrogen and oxygen atoms in total. The summed E-state index contributed by atoms with van der Waals surface area (Å²) < 4.78 is 5.35. The van der Waals surface area contributed by atoms with Crippen LogP contribution in [0.15, 0.2) is 29.6 Å². The Bertz CT molecular complexity index is 628. The molecule has 0 fully saturated rings. The average molecular weight is 317 g/mol. The van der Waals surface area contributed by atoms with Gasteiger partial charge in [0.1, 0.15) is 11.1 Å². The fourth-order valence-electron chi connectivity index (χ4n) is 2.80. The van der Waals surface area contributed by atoms with Gasteiger partial charge in [0.25, 0.3) is 0 Å². The summed E-state index contributed by atoms with van der Waals surface area (Å²) in [5.41, 5.74) is 3.88. The molecule has 2 heterocycles. The molecule has 0 bridgehead atoms. The molecule has 0 aliphatic carbocycles. The van der Waals surface area contributed by atoms with Crippen molar-refractivity contribution in [1.82, 2.24) is 9.88 Å². The molecule has 1 aromatic carbocycles. The summed E-state index contributed by atoms with van der Waals surface area (Å²) in [6, 6.07) is 8.67. The van der Waals surface area contributed by atoms with Crippen LogP contribution in [0.25, 0.3) is 0 Å². The van der Waals surface area contributed by atoms with Gasteiger partial charge in [-0.05, 0) is 18.6 Å². The minimum atomic E-state index is 0.0785. The first kappa shape index (κ1) is 15.5. The van der Waals surface area contributed by atoms with Crippen LogP contribution in [0.2, 0.25) is 0 Å². The van der Waals surface area contributed by atoms with Crippen molar-refractivity contribution in [1.29, 1.82) is 0 Å². The summed E-state index contributed by atoms with van der Waals surface area (Å²) in [5.74, 6) is 0. The molecule has 3 rings (SSSR count). The van der Waals surface area contributed by atoms with Crippen molar-refractivity contribution in [3.05, 3.63) is 45.9 Å². The second-order valence-electron chi connectivity index (χ2n) is 5.82. The summed E-state index contributed by atoms with van der Waals surface area (Å²) in [7, 11) is 3.90. The highest BCUT2D eigenvalue weighted by Crippen LogP contribution is 2.25. The molecule has 2 aromatic rings. The maximum absolute atomic E-state index is 5.35. The van der Waals surface area contributed by atoms with Gasteiger partial charge in [-0.1, -0.05) is 18.2 Å². The van der Waals surface area contributed by atoms with Crippen LogP contribution in [0.3, 0.4) is 0 Å². The lowest BCUT2D eigenvalue weighted by molar-refractivity contribution is 0.119. The topological polar surface area (TPSA) is 28.6 Å². The van der Waals surface area contributed by atoms with E-state index in [2.05, 4.69) is 46.5 Å². The van der Waals surface area contributed by atoms with Gasteiger partial charge < -0.3 is 9.64 Å². The monoisotopic (exact) mass is 317 g/mol. The first-order chi connectivity index (χ1) is 10.7. The van der Waals surface area contributed by atoms with E-state index in [1.54, 1.807) is 18.4 Å². The number of aromatic nitrogens is 1. The van der Waals surface area contributed by atoms with Gasteiger partial charge in [-0.15, -0.1) is 11.3 Å². The number of methoxy groups -OCH3 is 1. The van der Waals surface area contributed by atoms with Crippen molar-refractivity contribution in [3.63, 3.8) is 0 Å². The number of hydrogen-bond acceptors (Lipinski definition) is 5. The fraction of sp³-hybridized carbons (Fsp3) is 0.471. The first-order valence-corrected chi connectivity index (χ1v) is 8.54. The van der Waals surface area contributed by atoms with E-state index in [0.29, 0.717) is 0 Å². The molecular weight excluding hydrogens is 294 g/mol. The molecule has 5 heteroatoms. The second-order valence-corrected chi connectivity index (χ2v) is 6.71. The Morgan fingerprint density at radius 3 is 2.95 bits per heavy atom. The Morgan fingerprint density at radius 2 is 2.14 bits per heavy atom. The zero-order valence-electron chi connectivity index (χ0n) is 13.5. The molecule has 118 valence electrons. The Morgan fingerprint density at radius 1 is 1.32 bits per heavy atom. The van der Waals surface area contributed by atoms with Gasteiger partial charge >= 0.3 is 0 Å². The van der Waals surface area contributed by atoms with Gasteiger partial charge in [0.2, 0.25) is 0 Å². The van der Waals surface area contributed by atoms with Crippen LogP contribution in [0.4, 0.5) is 5.69 Å². The number of likely N-dealkylation sites (N-methyl/N-ethyl adjacent to an activating group) is 1. The van der Waals surface area contributed by atoms with Crippen LogP contribution in [0, 0.1) is 0 Å². The predicted molar refractivity (Wildman–Crippen MR) is 91.4 cm³/mol. The SMILES string of the molecule is COC(C)c1nc(CN2CCN(C)c3ccccc3C2)cs1. The van der Waals surface area contributed by atoms with E-state index in [-0.39, 0.29) is 6.10 Å². The molecule has 1 aliphatic heterocycles. The Balaban J connectivity index is 1.72. The lowest BCUT2D eigenvalue weighted by Gasteiger charge is -2.19. The van der Waals surface area contributed by atoms with E-state index < -0.39 is 0 Å². The van der Waals surface area contributed by atoms with Gasteiger partial charge in [0.15, 0.2) is 0 Å². The first-order valence-electron chi connectivity index (χ1n) is 7.66. The molecular formula is C17H23N3OS. The number of thiazole rings is 1. The Labute approximate surface area is 136 Å². The number of ether oxygens (including phenoxy) is 1. The highest BCUT2D eigenvalue weighted by Gasteiger charge is 2.18. The van der Waals surface area contributed by atoms with Gasteiger partial charge in [0.05, 0.1) is 5.69 Å². The van der Waals surface area contributed by atoms with Crippen LogP contribution in [-0.4, -0.2) is 37.1 Å². The van der Waals surface area contributed by atoms with E-state index in [1.165, 1.54) is 11.3 Å². The van der Waals surface area contributed by atoms with Crippen LogP contribution in [0.1, 0.15) is 29.3 Å². The molecule has 1 atom stereocenters. The van der Waals surface area contributed by atoms with Crippen LogP contribution >= 0.6 is 11.3 Å². The molecule has 1 aliphatic rings. The Kier molecular flexibility index (Phi) is 4.76. The Hall–Kier alpha value is -1.43. The largest absolute Gasteiger partial charge is 0.375 e. The maximum atomic E-state index is 5.35. The fourth-order valence-corrected chi connectivity index (χ4v) is 3.64. The predicted octanol–water partition coefficient (Wildman–Crippen LogP) is 3.30. The van der Waals surface area contributed by atoms with Crippen molar-refractivity contribution in [2.45, 2.75) is 26.1 Å². The highest BCUT2D eigenvalue weighted by molar-refractivity contribution is 7.09. The third-order valence-corrected chi connectivity index (χ3v) is 5.26. The molecule has 0 N–H and O–H groups in total. The molecule has 0 saturated heterocycles. The average Bonchev–Trinajstić information content (AvgIpc) is 2.94. The maximum Gasteiger partial charge on any atom is 0.122 e. The zero-order valence-corrected chi connectivity index (χ0v) is 14.3. The van der Waals surface area contributed by atoms with Gasteiger partial charge in [0, 0.05) is 51.4 Å². The van der Waals surface area contributed by atoms with E-state index in [4.69, 9.17) is 9.72 Å². The smallest absolute Gasteiger partial charge is 0.122 e. The molecule has 1 unspecified atom stereocenters. The molecule has 0 amide bonds. The molecule has 0 saturated carbocycles. The number of anilines is 1. The van der Waals surface area contributed by atoms with Crippen LogP contribution in [0.5, 0.6) is 0 Å². The van der Waals surface area contributed by atoms with Crippen LogP contribution < -0.4 is 4.90 Å². The zero-order chi connectivity index (χ0) is 15.5. The van der Waals surface area contributed by atoms with Crippen LogP contribution in [-0.2, 0) is 17.8 Å². The molecule has 22 heavy (non-hydrogen) atoms. The van der Waals surface area contributed by atoms with Gasteiger partial charge in [-0.2, -0.15) is 0 Å². The number of benzene rings is 1. The number of rotatable bonds is 4. The van der Waals surface area contributed by atoms with E-state index >= 15 is 0 Å². The summed E-state index contributed by atoms with van der Waals surface area (Å²) in [5, 5.41) is 3.22. The number of para-hydroxylation sites is 1. The molecule has 0 spiro atoms.